The molecule has 1 fully saturated rings. The molecule has 130 valence electrons. The summed E-state index contributed by atoms with van der Waals surface area (Å²) in [5.41, 5.74) is 0.407. The molecule has 2 aromatic carbocycles. The summed E-state index contributed by atoms with van der Waals surface area (Å²) in [7, 11) is -2.29. The highest BCUT2D eigenvalue weighted by Crippen LogP contribution is 2.63. The van der Waals surface area contributed by atoms with Gasteiger partial charge in [0.1, 0.15) is 11.2 Å². The summed E-state index contributed by atoms with van der Waals surface area (Å²) in [5.74, 6) is -0.957. The average molecular weight is 359 g/mol. The third-order valence-corrected chi connectivity index (χ3v) is 7.05. The summed E-state index contributed by atoms with van der Waals surface area (Å²) >= 11 is 0. The zero-order valence-electron chi connectivity index (χ0n) is 13.9. The molecule has 1 aliphatic rings. The molecule has 1 saturated carbocycles. The van der Waals surface area contributed by atoms with Gasteiger partial charge in [-0.15, -0.1) is 0 Å². The minimum absolute atomic E-state index is 0.00129. The molecule has 0 aliphatic heterocycles. The molecule has 2 aromatic rings. The van der Waals surface area contributed by atoms with Gasteiger partial charge in [0.15, 0.2) is 9.84 Å². The highest BCUT2D eigenvalue weighted by atomic mass is 32.2. The van der Waals surface area contributed by atoms with Gasteiger partial charge in [-0.05, 0) is 36.8 Å². The maximum atomic E-state index is 13.2. The Balaban J connectivity index is 2.07. The van der Waals surface area contributed by atoms with Crippen LogP contribution in [0, 0.1) is 29.5 Å². The molecule has 6 heteroatoms. The van der Waals surface area contributed by atoms with Crippen LogP contribution in [0.25, 0.3) is 0 Å². The number of hydrogen-bond acceptors (Lipinski definition) is 4. The Morgan fingerprint density at radius 1 is 1.16 bits per heavy atom. The molecule has 0 N–H and O–H groups in total. The summed E-state index contributed by atoms with van der Waals surface area (Å²) in [6.07, 6.45) is 0. The fourth-order valence-electron chi connectivity index (χ4n) is 3.45. The Morgan fingerprint density at radius 2 is 1.76 bits per heavy atom. The minimum atomic E-state index is -3.73. The molecule has 0 amide bonds. The first-order valence-corrected chi connectivity index (χ1v) is 9.37. The van der Waals surface area contributed by atoms with Crippen LogP contribution in [0.2, 0.25) is 0 Å². The van der Waals surface area contributed by atoms with Crippen LogP contribution in [0.3, 0.4) is 0 Å². The number of benzene rings is 2. The van der Waals surface area contributed by atoms with Crippen molar-refractivity contribution in [3.63, 3.8) is 0 Å². The van der Waals surface area contributed by atoms with E-state index in [2.05, 4.69) is 6.07 Å². The molecule has 3 rings (SSSR count). The first kappa shape index (κ1) is 17.6. The highest BCUT2D eigenvalue weighted by Gasteiger charge is 2.72. The van der Waals surface area contributed by atoms with E-state index < -0.39 is 32.2 Å². The van der Waals surface area contributed by atoms with Crippen LogP contribution in [0.15, 0.2) is 53.4 Å². The molecule has 0 aromatic heterocycles. The number of nitriles is 1. The fraction of sp³-hybridized carbons (Fsp3) is 0.316. The molecule has 25 heavy (non-hydrogen) atoms. The standard InChI is InChI=1S/C19H18FNO3S/c1-13-3-9-16(10-4-13)25(22,23)18-17(19(18,11-21)12-24-2)14-5-7-15(20)8-6-14/h3-10,17-18H,12H2,1-2H3/t17-,18+,19+/m0/s1. The number of ether oxygens (including phenoxy) is 1. The van der Waals surface area contributed by atoms with E-state index >= 15 is 0 Å². The van der Waals surface area contributed by atoms with Crippen LogP contribution in [0.5, 0.6) is 0 Å². The van der Waals surface area contributed by atoms with E-state index in [9.17, 15) is 18.1 Å². The highest BCUT2D eigenvalue weighted by molar-refractivity contribution is 7.92. The van der Waals surface area contributed by atoms with Gasteiger partial charge in [0, 0.05) is 13.0 Å². The predicted octanol–water partition coefficient (Wildman–Crippen LogP) is 3.23. The van der Waals surface area contributed by atoms with Crippen molar-refractivity contribution in [3.8, 4) is 6.07 Å². The van der Waals surface area contributed by atoms with Crippen molar-refractivity contribution in [2.45, 2.75) is 23.0 Å². The lowest BCUT2D eigenvalue weighted by Crippen LogP contribution is -2.19. The summed E-state index contributed by atoms with van der Waals surface area (Å²) in [6, 6.07) is 14.3. The molecule has 0 saturated heterocycles. The third kappa shape index (κ3) is 2.84. The molecule has 0 unspecified atom stereocenters. The number of sulfone groups is 1. The Bertz CT molecular complexity index is 917. The maximum Gasteiger partial charge on any atom is 0.183 e. The molecule has 0 spiro atoms. The quantitative estimate of drug-likeness (QED) is 0.822. The lowest BCUT2D eigenvalue weighted by atomic mass is 10.0. The molecule has 1 aliphatic carbocycles. The van der Waals surface area contributed by atoms with Crippen molar-refractivity contribution in [2.75, 3.05) is 13.7 Å². The number of methoxy groups -OCH3 is 1. The van der Waals surface area contributed by atoms with E-state index in [1.54, 1.807) is 24.3 Å². The van der Waals surface area contributed by atoms with Crippen LogP contribution in [-0.4, -0.2) is 27.4 Å². The van der Waals surface area contributed by atoms with Crippen LogP contribution >= 0.6 is 0 Å². The molecule has 4 nitrogen and oxygen atoms in total. The third-order valence-electron chi connectivity index (χ3n) is 4.76. The van der Waals surface area contributed by atoms with Crippen molar-refractivity contribution < 1.29 is 17.5 Å². The number of hydrogen-bond donors (Lipinski definition) is 0. The zero-order valence-corrected chi connectivity index (χ0v) is 14.8. The van der Waals surface area contributed by atoms with Crippen molar-refractivity contribution in [2.24, 2.45) is 5.41 Å². The first-order valence-electron chi connectivity index (χ1n) is 7.83. The molecule has 0 heterocycles. The van der Waals surface area contributed by atoms with Crippen LogP contribution < -0.4 is 0 Å². The molecular formula is C19H18FNO3S. The topological polar surface area (TPSA) is 67.2 Å². The van der Waals surface area contributed by atoms with Crippen LogP contribution in [-0.2, 0) is 14.6 Å². The van der Waals surface area contributed by atoms with Gasteiger partial charge >= 0.3 is 0 Å². The zero-order chi connectivity index (χ0) is 18.2. The van der Waals surface area contributed by atoms with Gasteiger partial charge in [0.05, 0.1) is 22.8 Å². The van der Waals surface area contributed by atoms with Gasteiger partial charge in [-0.25, -0.2) is 12.8 Å². The van der Waals surface area contributed by atoms with Crippen molar-refractivity contribution >= 4 is 9.84 Å². The second-order valence-corrected chi connectivity index (χ2v) is 8.46. The van der Waals surface area contributed by atoms with Gasteiger partial charge in [0.25, 0.3) is 0 Å². The van der Waals surface area contributed by atoms with Gasteiger partial charge in [-0.2, -0.15) is 5.26 Å². The second-order valence-electron chi connectivity index (χ2n) is 6.39. The van der Waals surface area contributed by atoms with Gasteiger partial charge in [-0.1, -0.05) is 29.8 Å². The lowest BCUT2D eigenvalue weighted by Gasteiger charge is -2.08. The molecule has 0 radical (unpaired) electrons. The van der Waals surface area contributed by atoms with E-state index in [1.165, 1.54) is 31.4 Å². The van der Waals surface area contributed by atoms with Crippen LogP contribution in [0.1, 0.15) is 17.0 Å². The van der Waals surface area contributed by atoms with E-state index in [0.717, 1.165) is 5.56 Å². The van der Waals surface area contributed by atoms with Gasteiger partial charge in [0.2, 0.25) is 0 Å². The summed E-state index contributed by atoms with van der Waals surface area (Å²) < 4.78 is 44.6. The van der Waals surface area contributed by atoms with Crippen molar-refractivity contribution in [3.05, 3.63) is 65.5 Å². The fourth-order valence-corrected chi connectivity index (χ4v) is 5.76. The Kier molecular flexibility index (Phi) is 4.40. The van der Waals surface area contributed by atoms with Crippen LogP contribution in [0.4, 0.5) is 4.39 Å². The van der Waals surface area contributed by atoms with Gasteiger partial charge < -0.3 is 4.74 Å². The summed E-state index contributed by atoms with van der Waals surface area (Å²) in [5, 5.41) is 8.81. The lowest BCUT2D eigenvalue weighted by molar-refractivity contribution is 0.162. The number of aryl methyl sites for hydroxylation is 1. The predicted molar refractivity (Wildman–Crippen MR) is 91.2 cm³/mol. The van der Waals surface area contributed by atoms with Gasteiger partial charge in [-0.3, -0.25) is 0 Å². The molecular weight excluding hydrogens is 341 g/mol. The van der Waals surface area contributed by atoms with E-state index in [0.29, 0.717) is 5.56 Å². The SMILES string of the molecule is COC[C@@]1(C#N)[C@H](S(=O)(=O)c2ccc(C)cc2)[C@@H]1c1ccc(F)cc1. The van der Waals surface area contributed by atoms with E-state index in [1.807, 2.05) is 6.92 Å². The van der Waals surface area contributed by atoms with Crippen molar-refractivity contribution in [1.29, 1.82) is 5.26 Å². The first-order chi connectivity index (χ1) is 11.9. The van der Waals surface area contributed by atoms with E-state index in [-0.39, 0.29) is 11.5 Å². The number of rotatable bonds is 5. The second kappa shape index (κ2) is 6.25. The molecule has 0 bridgehead atoms. The van der Waals surface area contributed by atoms with E-state index in [4.69, 9.17) is 4.74 Å². The largest absolute Gasteiger partial charge is 0.383 e. The number of halogens is 1. The smallest absolute Gasteiger partial charge is 0.183 e. The van der Waals surface area contributed by atoms with Crippen molar-refractivity contribution in [1.82, 2.24) is 0 Å². The Morgan fingerprint density at radius 3 is 2.28 bits per heavy atom. The summed E-state index contributed by atoms with van der Waals surface area (Å²) in [4.78, 5) is 0.184. The maximum absolute atomic E-state index is 13.2. The number of nitrogens with zero attached hydrogens (tertiary/aromatic N) is 1. The normalized spacial score (nSPS) is 25.4. The Hall–Kier alpha value is -2.23. The minimum Gasteiger partial charge on any atom is -0.383 e. The monoisotopic (exact) mass is 359 g/mol. The Labute approximate surface area is 146 Å². The molecule has 3 atom stereocenters. The average Bonchev–Trinajstić information content (AvgIpc) is 3.26. The summed E-state index contributed by atoms with van der Waals surface area (Å²) in [6.45, 7) is 1.88.